The molecule has 14 heavy (non-hydrogen) atoms. The van der Waals surface area contributed by atoms with Crippen molar-refractivity contribution in [2.45, 2.75) is 52.5 Å². The molecule has 84 valence electrons. The largest absolute Gasteiger partial charge is 0.396 e. The molecule has 0 radical (unpaired) electrons. The molecule has 0 aromatic carbocycles. The third-order valence-corrected chi connectivity index (χ3v) is 3.86. The highest BCUT2D eigenvalue weighted by molar-refractivity contribution is 4.90. The summed E-state index contributed by atoms with van der Waals surface area (Å²) < 4.78 is 0. The Morgan fingerprint density at radius 2 is 1.93 bits per heavy atom. The average Bonchev–Trinajstić information content (AvgIpc) is 2.08. The molecule has 0 aliphatic heterocycles. The Labute approximate surface area is 88.1 Å². The van der Waals surface area contributed by atoms with Crippen LogP contribution in [0.2, 0.25) is 0 Å². The van der Waals surface area contributed by atoms with Crippen molar-refractivity contribution in [3.05, 3.63) is 0 Å². The quantitative estimate of drug-likeness (QED) is 0.687. The SMILES string of the molecule is CC(C)C(C)NCC1(CCO)CCC1. The zero-order valence-electron chi connectivity index (χ0n) is 9.84. The van der Waals surface area contributed by atoms with Crippen molar-refractivity contribution >= 4 is 0 Å². The summed E-state index contributed by atoms with van der Waals surface area (Å²) in [4.78, 5) is 0. The minimum Gasteiger partial charge on any atom is -0.396 e. The molecule has 0 amide bonds. The van der Waals surface area contributed by atoms with Crippen molar-refractivity contribution in [1.29, 1.82) is 0 Å². The maximum atomic E-state index is 9.01. The van der Waals surface area contributed by atoms with Crippen LogP contribution in [0.4, 0.5) is 0 Å². The fourth-order valence-electron chi connectivity index (χ4n) is 2.04. The summed E-state index contributed by atoms with van der Waals surface area (Å²) in [6.07, 6.45) is 4.92. The standard InChI is InChI=1S/C12H25NO/c1-10(2)11(3)13-9-12(7-8-14)5-4-6-12/h10-11,13-14H,4-9H2,1-3H3. The van der Waals surface area contributed by atoms with Crippen molar-refractivity contribution in [1.82, 2.24) is 5.32 Å². The second-order valence-corrected chi connectivity index (χ2v) is 5.24. The molecule has 1 atom stereocenters. The van der Waals surface area contributed by atoms with Gasteiger partial charge in [-0.15, -0.1) is 0 Å². The summed E-state index contributed by atoms with van der Waals surface area (Å²) in [5.41, 5.74) is 0.428. The topological polar surface area (TPSA) is 32.3 Å². The van der Waals surface area contributed by atoms with Gasteiger partial charge < -0.3 is 10.4 Å². The maximum absolute atomic E-state index is 9.01. The van der Waals surface area contributed by atoms with Crippen LogP contribution < -0.4 is 5.32 Å². The van der Waals surface area contributed by atoms with E-state index >= 15 is 0 Å². The highest BCUT2D eigenvalue weighted by Crippen LogP contribution is 2.43. The van der Waals surface area contributed by atoms with Gasteiger partial charge in [-0.1, -0.05) is 20.3 Å². The lowest BCUT2D eigenvalue weighted by atomic mass is 9.66. The molecule has 0 spiro atoms. The number of nitrogens with one attached hydrogen (secondary N) is 1. The van der Waals surface area contributed by atoms with Crippen molar-refractivity contribution < 1.29 is 5.11 Å². The lowest BCUT2D eigenvalue weighted by molar-refractivity contribution is 0.0813. The minimum absolute atomic E-state index is 0.345. The van der Waals surface area contributed by atoms with Crippen LogP contribution in [0, 0.1) is 11.3 Å². The van der Waals surface area contributed by atoms with E-state index in [1.54, 1.807) is 0 Å². The summed E-state index contributed by atoms with van der Waals surface area (Å²) >= 11 is 0. The molecular weight excluding hydrogens is 174 g/mol. The molecule has 0 saturated heterocycles. The van der Waals surface area contributed by atoms with Crippen LogP contribution in [0.5, 0.6) is 0 Å². The Morgan fingerprint density at radius 3 is 2.29 bits per heavy atom. The fourth-order valence-corrected chi connectivity index (χ4v) is 2.04. The van der Waals surface area contributed by atoms with E-state index in [2.05, 4.69) is 26.1 Å². The van der Waals surface area contributed by atoms with Gasteiger partial charge in [0.05, 0.1) is 0 Å². The average molecular weight is 199 g/mol. The Morgan fingerprint density at radius 1 is 1.29 bits per heavy atom. The lowest BCUT2D eigenvalue weighted by Crippen LogP contribution is -2.44. The normalized spacial score (nSPS) is 22.1. The first-order valence-electron chi connectivity index (χ1n) is 5.94. The van der Waals surface area contributed by atoms with E-state index in [1.165, 1.54) is 19.3 Å². The predicted octanol–water partition coefficient (Wildman–Crippen LogP) is 2.17. The van der Waals surface area contributed by atoms with E-state index in [-0.39, 0.29) is 0 Å². The first kappa shape index (κ1) is 12.0. The van der Waals surface area contributed by atoms with E-state index in [4.69, 9.17) is 5.11 Å². The van der Waals surface area contributed by atoms with Crippen LogP contribution in [0.25, 0.3) is 0 Å². The Balaban J connectivity index is 2.27. The van der Waals surface area contributed by atoms with Crippen molar-refractivity contribution in [3.8, 4) is 0 Å². The molecule has 1 saturated carbocycles. The summed E-state index contributed by atoms with van der Waals surface area (Å²) in [6.45, 7) is 8.18. The van der Waals surface area contributed by atoms with Crippen LogP contribution in [-0.2, 0) is 0 Å². The maximum Gasteiger partial charge on any atom is 0.0436 e. The lowest BCUT2D eigenvalue weighted by Gasteiger charge is -2.43. The molecule has 0 aromatic rings. The second-order valence-electron chi connectivity index (χ2n) is 5.24. The highest BCUT2D eigenvalue weighted by atomic mass is 16.3. The smallest absolute Gasteiger partial charge is 0.0436 e. The second kappa shape index (κ2) is 5.13. The third kappa shape index (κ3) is 2.96. The van der Waals surface area contributed by atoms with Gasteiger partial charge in [0.2, 0.25) is 0 Å². The fraction of sp³-hybridized carbons (Fsp3) is 1.00. The Hall–Kier alpha value is -0.0800. The number of rotatable bonds is 6. The van der Waals surface area contributed by atoms with Gasteiger partial charge in [-0.25, -0.2) is 0 Å². The van der Waals surface area contributed by atoms with Crippen LogP contribution in [0.15, 0.2) is 0 Å². The molecule has 2 N–H and O–H groups in total. The molecule has 1 unspecified atom stereocenters. The molecule has 1 fully saturated rings. The molecule has 2 nitrogen and oxygen atoms in total. The first-order chi connectivity index (χ1) is 6.59. The van der Waals surface area contributed by atoms with Gasteiger partial charge in [-0.05, 0) is 37.5 Å². The van der Waals surface area contributed by atoms with Crippen molar-refractivity contribution in [2.75, 3.05) is 13.2 Å². The molecule has 0 aromatic heterocycles. The van der Waals surface area contributed by atoms with Gasteiger partial charge in [0.25, 0.3) is 0 Å². The van der Waals surface area contributed by atoms with Gasteiger partial charge in [-0.3, -0.25) is 0 Å². The van der Waals surface area contributed by atoms with Crippen LogP contribution in [0.1, 0.15) is 46.5 Å². The third-order valence-electron chi connectivity index (χ3n) is 3.86. The van der Waals surface area contributed by atoms with Gasteiger partial charge in [0, 0.05) is 19.2 Å². The molecule has 2 heteroatoms. The number of hydrogen-bond donors (Lipinski definition) is 2. The highest BCUT2D eigenvalue weighted by Gasteiger charge is 2.36. The molecule has 1 aliphatic rings. The van der Waals surface area contributed by atoms with Crippen LogP contribution in [-0.4, -0.2) is 24.3 Å². The van der Waals surface area contributed by atoms with E-state index in [0.29, 0.717) is 24.0 Å². The zero-order chi connectivity index (χ0) is 10.6. The molecule has 1 rings (SSSR count). The Kier molecular flexibility index (Phi) is 4.39. The summed E-state index contributed by atoms with van der Waals surface area (Å²) in [5, 5.41) is 12.6. The van der Waals surface area contributed by atoms with Crippen LogP contribution in [0.3, 0.4) is 0 Å². The Bertz CT molecular complexity index is 164. The number of aliphatic hydroxyl groups excluding tert-OH is 1. The van der Waals surface area contributed by atoms with Crippen molar-refractivity contribution in [3.63, 3.8) is 0 Å². The molecule has 0 heterocycles. The summed E-state index contributed by atoms with van der Waals surface area (Å²) in [6, 6.07) is 0.589. The van der Waals surface area contributed by atoms with Gasteiger partial charge in [-0.2, -0.15) is 0 Å². The van der Waals surface area contributed by atoms with E-state index in [1.807, 2.05) is 0 Å². The monoisotopic (exact) mass is 199 g/mol. The number of aliphatic hydroxyl groups is 1. The van der Waals surface area contributed by atoms with Gasteiger partial charge >= 0.3 is 0 Å². The molecular formula is C12H25NO. The first-order valence-corrected chi connectivity index (χ1v) is 5.94. The zero-order valence-corrected chi connectivity index (χ0v) is 9.84. The minimum atomic E-state index is 0.345. The molecule has 0 bridgehead atoms. The van der Waals surface area contributed by atoms with E-state index in [9.17, 15) is 0 Å². The summed E-state index contributed by atoms with van der Waals surface area (Å²) in [5.74, 6) is 0.696. The number of hydrogen-bond acceptors (Lipinski definition) is 2. The predicted molar refractivity (Wildman–Crippen MR) is 60.3 cm³/mol. The van der Waals surface area contributed by atoms with Gasteiger partial charge in [0.15, 0.2) is 0 Å². The van der Waals surface area contributed by atoms with Crippen molar-refractivity contribution in [2.24, 2.45) is 11.3 Å². The van der Waals surface area contributed by atoms with Gasteiger partial charge in [0.1, 0.15) is 0 Å². The van der Waals surface area contributed by atoms with E-state index in [0.717, 1.165) is 13.0 Å². The van der Waals surface area contributed by atoms with E-state index < -0.39 is 0 Å². The van der Waals surface area contributed by atoms with Crippen LogP contribution >= 0.6 is 0 Å². The summed E-state index contributed by atoms with van der Waals surface area (Å²) in [7, 11) is 0. The molecule has 1 aliphatic carbocycles.